The number of benzene rings is 1. The van der Waals surface area contributed by atoms with Gasteiger partial charge in [-0.2, -0.15) is 0 Å². The summed E-state index contributed by atoms with van der Waals surface area (Å²) in [6.07, 6.45) is 1.01. The Kier molecular flexibility index (Phi) is 3.11. The Balaban J connectivity index is 2.13. The van der Waals surface area contributed by atoms with Crippen LogP contribution in [0.3, 0.4) is 0 Å². The van der Waals surface area contributed by atoms with Crippen LogP contribution in [0.15, 0.2) is 18.2 Å². The van der Waals surface area contributed by atoms with Crippen LogP contribution in [-0.2, 0) is 6.42 Å². The van der Waals surface area contributed by atoms with Gasteiger partial charge in [0.2, 0.25) is 0 Å². The van der Waals surface area contributed by atoms with Gasteiger partial charge in [0.15, 0.2) is 11.5 Å². The minimum absolute atomic E-state index is 0.479. The summed E-state index contributed by atoms with van der Waals surface area (Å²) in [5.41, 5.74) is 1.28. The minimum atomic E-state index is 0.479. The van der Waals surface area contributed by atoms with Crippen molar-refractivity contribution in [2.24, 2.45) is 0 Å². The van der Waals surface area contributed by atoms with E-state index >= 15 is 0 Å². The van der Waals surface area contributed by atoms with Gasteiger partial charge in [-0.05, 0) is 38.1 Å². The molecule has 0 aliphatic carbocycles. The van der Waals surface area contributed by atoms with Gasteiger partial charge in [-0.3, -0.25) is 0 Å². The molecule has 1 aromatic rings. The lowest BCUT2D eigenvalue weighted by Crippen LogP contribution is -2.23. The first-order chi connectivity index (χ1) is 7.29. The average molecular weight is 207 g/mol. The Morgan fingerprint density at radius 2 is 2.00 bits per heavy atom. The van der Waals surface area contributed by atoms with Crippen LogP contribution in [0, 0.1) is 0 Å². The van der Waals surface area contributed by atoms with E-state index in [0.29, 0.717) is 19.3 Å². The Hall–Kier alpha value is -1.22. The monoisotopic (exact) mass is 207 g/mol. The number of fused-ring (bicyclic) bond motifs is 1. The van der Waals surface area contributed by atoms with Gasteiger partial charge in [0.05, 0.1) is 0 Å². The molecule has 1 aliphatic rings. The van der Waals surface area contributed by atoms with Gasteiger partial charge in [-0.1, -0.05) is 6.07 Å². The van der Waals surface area contributed by atoms with Crippen LogP contribution in [0.5, 0.6) is 11.5 Å². The third kappa shape index (κ3) is 2.42. The summed E-state index contributed by atoms with van der Waals surface area (Å²) >= 11 is 0. The number of hydrogen-bond donors (Lipinski definition) is 1. The molecule has 2 rings (SSSR count). The summed E-state index contributed by atoms with van der Waals surface area (Å²) in [6, 6.07) is 6.64. The van der Waals surface area contributed by atoms with E-state index in [1.807, 2.05) is 13.1 Å². The van der Waals surface area contributed by atoms with Crippen molar-refractivity contribution in [3.05, 3.63) is 23.8 Å². The SMILES string of the molecule is CN[C@@H](C)Cc1ccc2c(c1)OCCO2. The topological polar surface area (TPSA) is 30.5 Å². The molecule has 0 saturated heterocycles. The van der Waals surface area contributed by atoms with Crippen molar-refractivity contribution in [2.75, 3.05) is 20.3 Å². The highest BCUT2D eigenvalue weighted by molar-refractivity contribution is 5.43. The smallest absolute Gasteiger partial charge is 0.161 e. The first kappa shape index (κ1) is 10.3. The highest BCUT2D eigenvalue weighted by Gasteiger charge is 2.12. The van der Waals surface area contributed by atoms with Gasteiger partial charge in [0.1, 0.15) is 13.2 Å². The maximum Gasteiger partial charge on any atom is 0.161 e. The van der Waals surface area contributed by atoms with Crippen molar-refractivity contribution in [2.45, 2.75) is 19.4 Å². The second-order valence-corrected chi connectivity index (χ2v) is 3.87. The minimum Gasteiger partial charge on any atom is -0.486 e. The highest BCUT2D eigenvalue weighted by Crippen LogP contribution is 2.30. The maximum absolute atomic E-state index is 5.53. The molecule has 0 amide bonds. The maximum atomic E-state index is 5.53. The van der Waals surface area contributed by atoms with Gasteiger partial charge in [0, 0.05) is 6.04 Å². The molecule has 1 aliphatic heterocycles. The Morgan fingerprint density at radius 1 is 1.27 bits per heavy atom. The number of ether oxygens (including phenoxy) is 2. The number of rotatable bonds is 3. The fourth-order valence-corrected chi connectivity index (χ4v) is 1.67. The summed E-state index contributed by atoms with van der Waals surface area (Å²) in [7, 11) is 1.97. The number of likely N-dealkylation sites (N-methyl/N-ethyl adjacent to an activating group) is 1. The summed E-state index contributed by atoms with van der Waals surface area (Å²) in [5.74, 6) is 1.74. The molecule has 3 heteroatoms. The fraction of sp³-hybridized carbons (Fsp3) is 0.500. The van der Waals surface area contributed by atoms with E-state index in [1.165, 1.54) is 5.56 Å². The summed E-state index contributed by atoms with van der Waals surface area (Å²) in [4.78, 5) is 0. The van der Waals surface area contributed by atoms with E-state index in [1.54, 1.807) is 0 Å². The molecule has 15 heavy (non-hydrogen) atoms. The van der Waals surface area contributed by atoms with Crippen molar-refractivity contribution in [1.29, 1.82) is 0 Å². The quantitative estimate of drug-likeness (QED) is 0.816. The molecular formula is C12H17NO2. The number of hydrogen-bond acceptors (Lipinski definition) is 3. The lowest BCUT2D eigenvalue weighted by molar-refractivity contribution is 0.171. The van der Waals surface area contributed by atoms with E-state index in [0.717, 1.165) is 17.9 Å². The lowest BCUT2D eigenvalue weighted by atomic mass is 10.1. The molecule has 0 fully saturated rings. The molecule has 3 nitrogen and oxygen atoms in total. The van der Waals surface area contributed by atoms with Crippen LogP contribution in [0.25, 0.3) is 0 Å². The Bertz CT molecular complexity index is 338. The van der Waals surface area contributed by atoms with Gasteiger partial charge in [-0.25, -0.2) is 0 Å². The van der Waals surface area contributed by atoms with Crippen molar-refractivity contribution in [1.82, 2.24) is 5.32 Å². The predicted octanol–water partition coefficient (Wildman–Crippen LogP) is 1.61. The normalized spacial score (nSPS) is 16.1. The third-order valence-corrected chi connectivity index (χ3v) is 2.64. The van der Waals surface area contributed by atoms with Crippen LogP contribution in [-0.4, -0.2) is 26.3 Å². The summed E-state index contributed by atoms with van der Waals surface area (Å²) in [6.45, 7) is 3.47. The first-order valence-electron chi connectivity index (χ1n) is 5.35. The third-order valence-electron chi connectivity index (χ3n) is 2.64. The molecule has 0 bridgehead atoms. The molecule has 1 N–H and O–H groups in total. The van der Waals surface area contributed by atoms with E-state index in [-0.39, 0.29) is 0 Å². The molecule has 0 radical (unpaired) electrons. The van der Waals surface area contributed by atoms with E-state index in [4.69, 9.17) is 9.47 Å². The standard InChI is InChI=1S/C12H17NO2/c1-9(13-2)7-10-3-4-11-12(8-10)15-6-5-14-11/h3-4,8-9,13H,5-7H2,1-2H3/t9-/m0/s1. The first-order valence-corrected chi connectivity index (χ1v) is 5.35. The van der Waals surface area contributed by atoms with Gasteiger partial charge in [0.25, 0.3) is 0 Å². The van der Waals surface area contributed by atoms with Gasteiger partial charge in [-0.15, -0.1) is 0 Å². The van der Waals surface area contributed by atoms with E-state index in [2.05, 4.69) is 24.4 Å². The molecule has 0 unspecified atom stereocenters. The second-order valence-electron chi connectivity index (χ2n) is 3.87. The summed E-state index contributed by atoms with van der Waals surface area (Å²) in [5, 5.41) is 3.22. The molecular weight excluding hydrogens is 190 g/mol. The zero-order valence-corrected chi connectivity index (χ0v) is 9.25. The van der Waals surface area contributed by atoms with Gasteiger partial charge < -0.3 is 14.8 Å². The van der Waals surface area contributed by atoms with Crippen molar-refractivity contribution in [3.63, 3.8) is 0 Å². The van der Waals surface area contributed by atoms with Crippen LogP contribution in [0.4, 0.5) is 0 Å². The molecule has 1 heterocycles. The van der Waals surface area contributed by atoms with Crippen LogP contribution >= 0.6 is 0 Å². The second kappa shape index (κ2) is 4.53. The molecule has 0 aromatic heterocycles. The van der Waals surface area contributed by atoms with Gasteiger partial charge >= 0.3 is 0 Å². The largest absolute Gasteiger partial charge is 0.486 e. The molecule has 82 valence electrons. The Morgan fingerprint density at radius 3 is 2.73 bits per heavy atom. The molecule has 0 saturated carbocycles. The van der Waals surface area contributed by atoms with Crippen molar-refractivity contribution in [3.8, 4) is 11.5 Å². The zero-order chi connectivity index (χ0) is 10.7. The van der Waals surface area contributed by atoms with Crippen molar-refractivity contribution >= 4 is 0 Å². The molecule has 1 aromatic carbocycles. The zero-order valence-electron chi connectivity index (χ0n) is 9.25. The lowest BCUT2D eigenvalue weighted by Gasteiger charge is -2.19. The molecule has 1 atom stereocenters. The Labute approximate surface area is 90.4 Å². The van der Waals surface area contributed by atoms with E-state index in [9.17, 15) is 0 Å². The van der Waals surface area contributed by atoms with E-state index < -0.39 is 0 Å². The van der Waals surface area contributed by atoms with Crippen LogP contribution in [0.2, 0.25) is 0 Å². The fourth-order valence-electron chi connectivity index (χ4n) is 1.67. The van der Waals surface area contributed by atoms with Crippen LogP contribution < -0.4 is 14.8 Å². The van der Waals surface area contributed by atoms with Crippen molar-refractivity contribution < 1.29 is 9.47 Å². The van der Waals surface area contributed by atoms with Crippen LogP contribution in [0.1, 0.15) is 12.5 Å². The predicted molar refractivity (Wildman–Crippen MR) is 59.7 cm³/mol. The highest BCUT2D eigenvalue weighted by atomic mass is 16.6. The number of nitrogens with one attached hydrogen (secondary N) is 1. The summed E-state index contributed by atoms with van der Waals surface area (Å²) < 4.78 is 11.0. The molecule has 0 spiro atoms. The average Bonchev–Trinajstić information content (AvgIpc) is 2.29.